The monoisotopic (exact) mass is 388 g/mol. The third kappa shape index (κ3) is 14.5. The fourth-order valence-electron chi connectivity index (χ4n) is 5.14. The van der Waals surface area contributed by atoms with E-state index in [2.05, 4.69) is 55.4 Å². The molecule has 0 spiro atoms. The Hall–Kier alpha value is -0.120. The van der Waals surface area contributed by atoms with Crippen molar-refractivity contribution in [3.63, 3.8) is 0 Å². The molecule has 3 heteroatoms. The molecule has 0 radical (unpaired) electrons. The maximum Gasteiger partial charge on any atom is 0.0783 e. The lowest BCUT2D eigenvalue weighted by atomic mass is 10.2. The highest BCUT2D eigenvalue weighted by Crippen LogP contribution is 2.13. The van der Waals surface area contributed by atoms with E-state index in [9.17, 15) is 0 Å². The smallest absolute Gasteiger partial charge is 0.0783 e. The molecule has 168 valence electrons. The largest absolute Gasteiger partial charge is 2.00 e. The van der Waals surface area contributed by atoms with Crippen LogP contribution in [0.3, 0.4) is 0 Å². The molecule has 0 aliphatic rings. The van der Waals surface area contributed by atoms with Gasteiger partial charge in [0, 0.05) is 0 Å². The third-order valence-electron chi connectivity index (χ3n) is 5.58. The molecule has 27 heavy (non-hydrogen) atoms. The molecule has 0 atom stereocenters. The normalized spacial score (nSPS) is 11.6. The molecule has 0 aromatic carbocycles. The molecule has 0 heterocycles. The Bertz CT molecular complexity index is 195. The van der Waals surface area contributed by atoms with Gasteiger partial charge >= 0.3 is 0 Å². The van der Waals surface area contributed by atoms with Crippen LogP contribution in [-0.2, 0) is 5.48 Å². The second-order valence-electron chi connectivity index (χ2n) is 8.47. The van der Waals surface area contributed by atoms with Crippen LogP contribution in [-0.4, -0.2) is 61.3 Å². The van der Waals surface area contributed by atoms with Gasteiger partial charge in [0.15, 0.2) is 0 Å². The molecule has 0 aromatic rings. The van der Waals surface area contributed by atoms with Gasteiger partial charge in [-0.2, -0.15) is 0 Å². The fraction of sp³-hybridized carbons (Fsp3) is 1.00. The Morgan fingerprint density at radius 2 is 0.407 bits per heavy atom. The van der Waals surface area contributed by atoms with Crippen LogP contribution in [0, 0.1) is 0 Å². The summed E-state index contributed by atoms with van der Waals surface area (Å²) in [5.74, 6) is 0. The third-order valence-corrected chi connectivity index (χ3v) is 5.58. The minimum absolute atomic E-state index is 0. The van der Waals surface area contributed by atoms with E-state index in [-0.39, 0.29) is 5.48 Å². The summed E-state index contributed by atoms with van der Waals surface area (Å²) in [7, 11) is 0. The molecule has 0 amide bonds. The first kappa shape index (κ1) is 31.6. The van der Waals surface area contributed by atoms with Crippen LogP contribution in [0.5, 0.6) is 0 Å². The van der Waals surface area contributed by atoms with Crippen molar-refractivity contribution in [3.05, 3.63) is 0 Å². The number of quaternary nitrogens is 2. The molecule has 0 rings (SSSR count). The molecular formula is C24H56N2O. The number of rotatable bonds is 16. The minimum Gasteiger partial charge on any atom is -2.00 e. The standard InChI is InChI=1S/2C12H28N.O/c2*1-5-9-13(10-6-2,11-7-3)12-8-4;/h2*5-12H2,1-4H3;/q2*+1;-2. The van der Waals surface area contributed by atoms with E-state index in [4.69, 9.17) is 0 Å². The average Bonchev–Trinajstić information content (AvgIpc) is 2.57. The maximum absolute atomic E-state index is 2.31. The van der Waals surface area contributed by atoms with Crippen molar-refractivity contribution in [2.75, 3.05) is 52.4 Å². The van der Waals surface area contributed by atoms with Crippen LogP contribution in [0.1, 0.15) is 107 Å². The SMILES string of the molecule is CCC[N+](CCC)(CCC)CCC.CCC[N+](CCC)(CCC)CCC.[O-2]. The lowest BCUT2D eigenvalue weighted by Gasteiger charge is -2.38. The Kier molecular flexibility index (Phi) is 24.1. The fourth-order valence-corrected chi connectivity index (χ4v) is 5.14. The molecule has 0 fully saturated rings. The van der Waals surface area contributed by atoms with Gasteiger partial charge in [-0.15, -0.1) is 0 Å². The quantitative estimate of drug-likeness (QED) is 0.261. The zero-order valence-electron chi connectivity index (χ0n) is 20.6. The Morgan fingerprint density at radius 1 is 0.296 bits per heavy atom. The number of hydrogen-bond acceptors (Lipinski definition) is 0. The Labute approximate surface area is 174 Å². The molecule has 0 bridgehead atoms. The first-order chi connectivity index (χ1) is 12.5. The van der Waals surface area contributed by atoms with Crippen molar-refractivity contribution in [2.24, 2.45) is 0 Å². The van der Waals surface area contributed by atoms with Gasteiger partial charge in [0.2, 0.25) is 0 Å². The van der Waals surface area contributed by atoms with Crippen LogP contribution >= 0.6 is 0 Å². The minimum atomic E-state index is 0. The van der Waals surface area contributed by atoms with Gasteiger partial charge in [-0.3, -0.25) is 0 Å². The summed E-state index contributed by atoms with van der Waals surface area (Å²) < 4.78 is 2.75. The highest BCUT2D eigenvalue weighted by molar-refractivity contribution is 4.45. The van der Waals surface area contributed by atoms with Crippen molar-refractivity contribution in [1.82, 2.24) is 0 Å². The molecule has 0 aliphatic heterocycles. The number of hydrogen-bond donors (Lipinski definition) is 0. The topological polar surface area (TPSA) is 28.5 Å². The van der Waals surface area contributed by atoms with Gasteiger partial charge in [-0.25, -0.2) is 0 Å². The van der Waals surface area contributed by atoms with Gasteiger partial charge in [0.1, 0.15) is 0 Å². The summed E-state index contributed by atoms with van der Waals surface area (Å²) in [6.45, 7) is 29.6. The second-order valence-corrected chi connectivity index (χ2v) is 8.47. The predicted octanol–water partition coefficient (Wildman–Crippen LogP) is 6.77. The van der Waals surface area contributed by atoms with Gasteiger partial charge in [-0.05, 0) is 51.4 Å². The zero-order valence-corrected chi connectivity index (χ0v) is 20.6. The van der Waals surface area contributed by atoms with E-state index >= 15 is 0 Å². The van der Waals surface area contributed by atoms with Crippen molar-refractivity contribution < 1.29 is 14.4 Å². The van der Waals surface area contributed by atoms with Crippen molar-refractivity contribution in [1.29, 1.82) is 0 Å². The highest BCUT2D eigenvalue weighted by Gasteiger charge is 2.23. The maximum atomic E-state index is 2.31. The molecule has 3 nitrogen and oxygen atoms in total. The van der Waals surface area contributed by atoms with Crippen molar-refractivity contribution in [3.8, 4) is 0 Å². The van der Waals surface area contributed by atoms with Crippen LogP contribution in [0.15, 0.2) is 0 Å². The summed E-state index contributed by atoms with van der Waals surface area (Å²) in [4.78, 5) is 0. The lowest BCUT2D eigenvalue weighted by Crippen LogP contribution is -2.50. The highest BCUT2D eigenvalue weighted by atomic mass is 16.0. The van der Waals surface area contributed by atoms with E-state index in [1.54, 1.807) is 0 Å². The molecule has 0 unspecified atom stereocenters. The Morgan fingerprint density at radius 3 is 0.481 bits per heavy atom. The van der Waals surface area contributed by atoms with Gasteiger partial charge < -0.3 is 14.4 Å². The summed E-state index contributed by atoms with van der Waals surface area (Å²) in [5.41, 5.74) is 0. The average molecular weight is 389 g/mol. The summed E-state index contributed by atoms with van der Waals surface area (Å²) >= 11 is 0. The predicted molar refractivity (Wildman–Crippen MR) is 122 cm³/mol. The first-order valence-electron chi connectivity index (χ1n) is 12.2. The van der Waals surface area contributed by atoms with Gasteiger partial charge in [-0.1, -0.05) is 55.4 Å². The number of nitrogens with zero attached hydrogens (tertiary/aromatic N) is 2. The van der Waals surface area contributed by atoms with E-state index < -0.39 is 0 Å². The molecular weight excluding hydrogens is 332 g/mol. The van der Waals surface area contributed by atoms with Gasteiger partial charge in [0.25, 0.3) is 0 Å². The van der Waals surface area contributed by atoms with E-state index in [1.165, 1.54) is 113 Å². The first-order valence-corrected chi connectivity index (χ1v) is 12.2. The molecule has 0 N–H and O–H groups in total. The molecule has 0 aliphatic carbocycles. The molecule has 0 saturated heterocycles. The summed E-state index contributed by atoms with van der Waals surface area (Å²) in [6.07, 6.45) is 10.7. The van der Waals surface area contributed by atoms with E-state index in [0.29, 0.717) is 0 Å². The van der Waals surface area contributed by atoms with Crippen molar-refractivity contribution >= 4 is 0 Å². The molecule has 0 aromatic heterocycles. The van der Waals surface area contributed by atoms with Gasteiger partial charge in [0.05, 0.1) is 52.4 Å². The second kappa shape index (κ2) is 20.6. The van der Waals surface area contributed by atoms with E-state index in [1.807, 2.05) is 0 Å². The van der Waals surface area contributed by atoms with Crippen molar-refractivity contribution in [2.45, 2.75) is 107 Å². The summed E-state index contributed by atoms with van der Waals surface area (Å²) in [6, 6.07) is 0. The van der Waals surface area contributed by atoms with Crippen LogP contribution < -0.4 is 0 Å². The summed E-state index contributed by atoms with van der Waals surface area (Å²) in [5, 5.41) is 0. The van der Waals surface area contributed by atoms with Crippen LogP contribution in [0.25, 0.3) is 0 Å². The van der Waals surface area contributed by atoms with Crippen LogP contribution in [0.4, 0.5) is 0 Å². The molecule has 0 saturated carbocycles. The zero-order chi connectivity index (χ0) is 20.3. The van der Waals surface area contributed by atoms with Crippen LogP contribution in [0.2, 0.25) is 0 Å². The Balaban J connectivity index is -0.000000411. The lowest BCUT2D eigenvalue weighted by molar-refractivity contribution is -0.928. The van der Waals surface area contributed by atoms with E-state index in [0.717, 1.165) is 0 Å².